The highest BCUT2D eigenvalue weighted by molar-refractivity contribution is 4.82. The topological polar surface area (TPSA) is 21.3 Å². The zero-order chi connectivity index (χ0) is 10.8. The Bertz CT molecular complexity index is 141. The highest BCUT2D eigenvalue weighted by atomic mass is 16.5. The quantitative estimate of drug-likeness (QED) is 0.479. The lowest BCUT2D eigenvalue weighted by Gasteiger charge is -2.05. The summed E-state index contributed by atoms with van der Waals surface area (Å²) in [5.74, 6) is 0.739. The summed E-state index contributed by atoms with van der Waals surface area (Å²) >= 11 is 0. The van der Waals surface area contributed by atoms with E-state index in [1.54, 1.807) is 0 Å². The minimum atomic E-state index is 0.332. The molecule has 0 aliphatic rings. The van der Waals surface area contributed by atoms with Crippen LogP contribution in [0.4, 0.5) is 0 Å². The van der Waals surface area contributed by atoms with E-state index in [2.05, 4.69) is 45.2 Å². The van der Waals surface area contributed by atoms with Crippen LogP contribution < -0.4 is 5.32 Å². The van der Waals surface area contributed by atoms with E-state index in [1.807, 2.05) is 0 Å². The highest BCUT2D eigenvalue weighted by Crippen LogP contribution is 1.90. The van der Waals surface area contributed by atoms with Gasteiger partial charge in [-0.05, 0) is 39.3 Å². The lowest BCUT2D eigenvalue weighted by Crippen LogP contribution is -2.20. The van der Waals surface area contributed by atoms with E-state index >= 15 is 0 Å². The van der Waals surface area contributed by atoms with Crippen molar-refractivity contribution >= 4 is 0 Å². The van der Waals surface area contributed by atoms with Gasteiger partial charge in [-0.3, -0.25) is 0 Å². The molecule has 0 radical (unpaired) electrons. The van der Waals surface area contributed by atoms with Crippen LogP contribution in [0, 0.1) is 5.92 Å². The second kappa shape index (κ2) is 9.22. The van der Waals surface area contributed by atoms with Crippen molar-refractivity contribution in [3.63, 3.8) is 0 Å². The lowest BCUT2D eigenvalue weighted by atomic mass is 10.2. The first-order chi connectivity index (χ1) is 6.63. The second-order valence-corrected chi connectivity index (χ2v) is 4.24. The van der Waals surface area contributed by atoms with Crippen LogP contribution in [0.2, 0.25) is 0 Å². The Morgan fingerprint density at radius 1 is 1.14 bits per heavy atom. The first-order valence-electron chi connectivity index (χ1n) is 5.60. The molecule has 0 unspecified atom stereocenters. The number of rotatable bonds is 8. The molecule has 0 aromatic heterocycles. The van der Waals surface area contributed by atoms with E-state index in [-0.39, 0.29) is 0 Å². The molecular formula is C12H25NO. The average Bonchev–Trinajstić information content (AvgIpc) is 2.08. The van der Waals surface area contributed by atoms with Crippen LogP contribution in [-0.4, -0.2) is 25.8 Å². The third kappa shape index (κ3) is 11.7. The molecule has 0 fully saturated rings. The molecule has 0 atom stereocenters. The summed E-state index contributed by atoms with van der Waals surface area (Å²) < 4.78 is 5.38. The maximum atomic E-state index is 5.38. The second-order valence-electron chi connectivity index (χ2n) is 4.24. The van der Waals surface area contributed by atoms with Crippen molar-refractivity contribution in [2.75, 3.05) is 19.7 Å². The summed E-state index contributed by atoms with van der Waals surface area (Å²) in [6, 6.07) is 0. The summed E-state index contributed by atoms with van der Waals surface area (Å²) in [6.45, 7) is 11.5. The lowest BCUT2D eigenvalue weighted by molar-refractivity contribution is 0.102. The van der Waals surface area contributed by atoms with Crippen molar-refractivity contribution in [2.24, 2.45) is 5.92 Å². The molecule has 0 aromatic carbocycles. The fraction of sp³-hybridized carbons (Fsp3) is 0.833. The van der Waals surface area contributed by atoms with Crippen LogP contribution in [0.3, 0.4) is 0 Å². The van der Waals surface area contributed by atoms with Gasteiger partial charge in [-0.2, -0.15) is 0 Å². The molecule has 1 N–H and O–H groups in total. The smallest absolute Gasteiger partial charge is 0.0650 e. The van der Waals surface area contributed by atoms with Crippen LogP contribution in [0.15, 0.2) is 12.2 Å². The zero-order valence-corrected chi connectivity index (χ0v) is 10.0. The van der Waals surface area contributed by atoms with E-state index < -0.39 is 0 Å². The monoisotopic (exact) mass is 199 g/mol. The minimum Gasteiger partial charge on any atom is -0.375 e. The van der Waals surface area contributed by atoms with E-state index in [0.29, 0.717) is 6.10 Å². The Morgan fingerprint density at radius 3 is 2.43 bits per heavy atom. The van der Waals surface area contributed by atoms with Crippen molar-refractivity contribution in [1.29, 1.82) is 0 Å². The SMILES string of the molecule is CC(C)CNCCC=CCOC(C)C. The predicted molar refractivity (Wildman–Crippen MR) is 62.6 cm³/mol. The Labute approximate surface area is 88.7 Å². The van der Waals surface area contributed by atoms with Crippen molar-refractivity contribution in [3.8, 4) is 0 Å². The molecule has 0 aromatic rings. The molecular weight excluding hydrogens is 174 g/mol. The molecule has 0 aliphatic heterocycles. The fourth-order valence-electron chi connectivity index (χ4n) is 1.01. The van der Waals surface area contributed by atoms with Crippen LogP contribution >= 0.6 is 0 Å². The van der Waals surface area contributed by atoms with E-state index in [0.717, 1.165) is 32.0 Å². The van der Waals surface area contributed by atoms with Crippen LogP contribution in [0.1, 0.15) is 34.1 Å². The van der Waals surface area contributed by atoms with Crippen LogP contribution in [-0.2, 0) is 4.74 Å². The Hall–Kier alpha value is -0.340. The Balaban J connectivity index is 3.11. The number of hydrogen-bond acceptors (Lipinski definition) is 2. The molecule has 84 valence electrons. The van der Waals surface area contributed by atoms with E-state index in [4.69, 9.17) is 4.74 Å². The van der Waals surface area contributed by atoms with Crippen molar-refractivity contribution in [1.82, 2.24) is 5.32 Å². The summed E-state index contributed by atoms with van der Waals surface area (Å²) in [4.78, 5) is 0. The number of hydrogen-bond donors (Lipinski definition) is 1. The molecule has 0 heterocycles. The molecule has 0 amide bonds. The van der Waals surface area contributed by atoms with Gasteiger partial charge < -0.3 is 10.1 Å². The van der Waals surface area contributed by atoms with Crippen molar-refractivity contribution in [2.45, 2.75) is 40.2 Å². The Morgan fingerprint density at radius 2 is 1.86 bits per heavy atom. The molecule has 0 spiro atoms. The van der Waals surface area contributed by atoms with Gasteiger partial charge in [0.25, 0.3) is 0 Å². The standard InChI is InChI=1S/C12H25NO/c1-11(2)10-13-8-6-5-7-9-14-12(3)4/h5,7,11-13H,6,8-10H2,1-4H3. The minimum absolute atomic E-state index is 0.332. The molecule has 0 saturated carbocycles. The van der Waals surface area contributed by atoms with Gasteiger partial charge in [0.05, 0.1) is 12.7 Å². The molecule has 0 bridgehead atoms. The zero-order valence-electron chi connectivity index (χ0n) is 10.0. The maximum Gasteiger partial charge on any atom is 0.0650 e. The van der Waals surface area contributed by atoms with Gasteiger partial charge in [-0.25, -0.2) is 0 Å². The normalized spacial score (nSPS) is 12.1. The van der Waals surface area contributed by atoms with Crippen molar-refractivity contribution < 1.29 is 4.74 Å². The van der Waals surface area contributed by atoms with Gasteiger partial charge in [-0.15, -0.1) is 0 Å². The molecule has 2 nitrogen and oxygen atoms in total. The highest BCUT2D eigenvalue weighted by Gasteiger charge is 1.90. The number of ether oxygens (including phenoxy) is 1. The largest absolute Gasteiger partial charge is 0.375 e. The molecule has 14 heavy (non-hydrogen) atoms. The predicted octanol–water partition coefficient (Wildman–Crippen LogP) is 2.60. The van der Waals surface area contributed by atoms with Gasteiger partial charge in [0.2, 0.25) is 0 Å². The fourth-order valence-corrected chi connectivity index (χ4v) is 1.01. The van der Waals surface area contributed by atoms with Gasteiger partial charge in [0, 0.05) is 0 Å². The Kier molecular flexibility index (Phi) is 9.00. The summed E-state index contributed by atoms with van der Waals surface area (Å²) in [6.07, 6.45) is 5.69. The van der Waals surface area contributed by atoms with E-state index in [1.165, 1.54) is 0 Å². The first-order valence-corrected chi connectivity index (χ1v) is 5.60. The summed E-state index contributed by atoms with van der Waals surface area (Å²) in [5.41, 5.74) is 0. The maximum absolute atomic E-state index is 5.38. The molecule has 0 saturated heterocycles. The summed E-state index contributed by atoms with van der Waals surface area (Å²) in [5, 5.41) is 3.39. The van der Waals surface area contributed by atoms with Gasteiger partial charge >= 0.3 is 0 Å². The first kappa shape index (κ1) is 13.7. The van der Waals surface area contributed by atoms with E-state index in [9.17, 15) is 0 Å². The summed E-state index contributed by atoms with van der Waals surface area (Å²) in [7, 11) is 0. The van der Waals surface area contributed by atoms with Gasteiger partial charge in [0.1, 0.15) is 0 Å². The molecule has 0 rings (SSSR count). The van der Waals surface area contributed by atoms with Gasteiger partial charge in [-0.1, -0.05) is 26.0 Å². The number of nitrogens with one attached hydrogen (secondary N) is 1. The third-order valence-electron chi connectivity index (χ3n) is 1.73. The van der Waals surface area contributed by atoms with Crippen molar-refractivity contribution in [3.05, 3.63) is 12.2 Å². The average molecular weight is 199 g/mol. The third-order valence-corrected chi connectivity index (χ3v) is 1.73. The van der Waals surface area contributed by atoms with Gasteiger partial charge in [0.15, 0.2) is 0 Å². The molecule has 2 heteroatoms. The van der Waals surface area contributed by atoms with Crippen LogP contribution in [0.5, 0.6) is 0 Å². The van der Waals surface area contributed by atoms with Crippen LogP contribution in [0.25, 0.3) is 0 Å². The molecule has 0 aliphatic carbocycles.